The molecule has 0 N–H and O–H groups in total. The van der Waals surface area contributed by atoms with Crippen molar-refractivity contribution in [2.24, 2.45) is 0 Å². The topological polar surface area (TPSA) is 0 Å². The lowest BCUT2D eigenvalue weighted by atomic mass is 9.98. The van der Waals surface area contributed by atoms with Crippen LogP contribution in [0.2, 0.25) is 0 Å². The molecule has 0 saturated carbocycles. The van der Waals surface area contributed by atoms with Gasteiger partial charge in [-0.3, -0.25) is 0 Å². The second kappa shape index (κ2) is 12.6. The zero-order valence-electron chi connectivity index (χ0n) is 24.6. The van der Waals surface area contributed by atoms with Gasteiger partial charge in [-0.1, -0.05) is 76.6 Å². The first-order valence-electron chi connectivity index (χ1n) is 15.7. The first kappa shape index (κ1) is 28.3. The summed E-state index contributed by atoms with van der Waals surface area (Å²) < 4.78 is 2.77. The Morgan fingerprint density at radius 1 is 0.381 bits per heavy atom. The number of hydrogen-bond acceptors (Lipinski definition) is 4. The van der Waals surface area contributed by atoms with Crippen LogP contribution in [0, 0.1) is 0 Å². The summed E-state index contributed by atoms with van der Waals surface area (Å²) in [4.78, 5) is 8.70. The van der Waals surface area contributed by atoms with Crippen molar-refractivity contribution in [3.05, 3.63) is 82.6 Å². The molecule has 0 aliphatic carbocycles. The van der Waals surface area contributed by atoms with Gasteiger partial charge in [0.25, 0.3) is 0 Å². The Kier molecular flexibility index (Phi) is 8.50. The first-order chi connectivity index (χ1) is 20.7. The van der Waals surface area contributed by atoms with E-state index in [9.17, 15) is 0 Å². The van der Waals surface area contributed by atoms with Crippen LogP contribution in [0.15, 0.2) is 72.8 Å². The van der Waals surface area contributed by atoms with Gasteiger partial charge in [-0.05, 0) is 95.8 Å². The number of thiophene rings is 4. The van der Waals surface area contributed by atoms with Crippen LogP contribution in [-0.4, -0.2) is 0 Å². The molecule has 0 aliphatic rings. The largest absolute Gasteiger partial charge is 0.139 e. The summed E-state index contributed by atoms with van der Waals surface area (Å²) in [6, 6.07) is 28.4. The van der Waals surface area contributed by atoms with Crippen molar-refractivity contribution in [1.29, 1.82) is 0 Å². The lowest BCUT2D eigenvalue weighted by Crippen LogP contribution is -1.80. The molecule has 0 unspecified atom stereocenters. The quantitative estimate of drug-likeness (QED) is 0.0939. The normalized spacial score (nSPS) is 12.0. The van der Waals surface area contributed by atoms with E-state index in [1.165, 1.54) is 135 Å². The van der Waals surface area contributed by atoms with Gasteiger partial charge in [0.2, 0.25) is 0 Å². The number of rotatable bonds is 12. The standard InChI is InChI=1S/C38H38S4/c1-3-5-7-9-11-25-13-19-35(39-25)37-23-31-29-15-16-30-28(27(29)17-21-33(31)41-37)18-22-34-32(30)24-38(42-34)36-20-14-26(40-36)12-10-8-6-4-2/h13-24H,3-12H2,1-2H3. The molecule has 0 amide bonds. The van der Waals surface area contributed by atoms with Crippen molar-refractivity contribution in [2.75, 3.05) is 0 Å². The molecule has 7 aromatic rings. The Labute approximate surface area is 265 Å². The molecule has 214 valence electrons. The van der Waals surface area contributed by atoms with Gasteiger partial charge in [0.05, 0.1) is 0 Å². The number of unbranched alkanes of at least 4 members (excludes halogenated alkanes) is 6. The maximum absolute atomic E-state index is 2.44. The highest BCUT2D eigenvalue weighted by Gasteiger charge is 2.14. The summed E-state index contributed by atoms with van der Waals surface area (Å²) in [6.07, 6.45) is 13.1. The Morgan fingerprint density at radius 2 is 0.810 bits per heavy atom. The molecule has 7 rings (SSSR count). The molecule has 0 atom stereocenters. The predicted molar refractivity (Wildman–Crippen MR) is 195 cm³/mol. The van der Waals surface area contributed by atoms with Gasteiger partial charge in [0, 0.05) is 49.4 Å². The fourth-order valence-corrected chi connectivity index (χ4v) is 10.7. The Hall–Kier alpha value is -2.50. The Balaban J connectivity index is 1.19. The predicted octanol–water partition coefficient (Wildman–Crippen LogP) is 14.1. The van der Waals surface area contributed by atoms with Gasteiger partial charge >= 0.3 is 0 Å². The van der Waals surface area contributed by atoms with Crippen LogP contribution in [0.25, 0.3) is 61.2 Å². The van der Waals surface area contributed by atoms with E-state index in [1.807, 2.05) is 45.3 Å². The molecule has 42 heavy (non-hydrogen) atoms. The maximum atomic E-state index is 2.44. The Morgan fingerprint density at radius 3 is 1.26 bits per heavy atom. The van der Waals surface area contributed by atoms with Gasteiger partial charge in [-0.15, -0.1) is 45.3 Å². The zero-order chi connectivity index (χ0) is 28.5. The highest BCUT2D eigenvalue weighted by molar-refractivity contribution is 7.26. The molecule has 0 aliphatic heterocycles. The highest BCUT2D eigenvalue weighted by Crippen LogP contribution is 2.44. The summed E-state index contributed by atoms with van der Waals surface area (Å²) in [5.41, 5.74) is 0. The minimum atomic E-state index is 1.22. The Bertz CT molecular complexity index is 1830. The van der Waals surface area contributed by atoms with Crippen molar-refractivity contribution in [2.45, 2.75) is 78.1 Å². The number of fused-ring (bicyclic) bond motifs is 7. The minimum Gasteiger partial charge on any atom is -0.139 e. The molecule has 4 aromatic heterocycles. The van der Waals surface area contributed by atoms with Gasteiger partial charge < -0.3 is 0 Å². The molecule has 0 spiro atoms. The lowest BCUT2D eigenvalue weighted by Gasteiger charge is -2.06. The summed E-state index contributed by atoms with van der Waals surface area (Å²) in [6.45, 7) is 4.57. The van der Waals surface area contributed by atoms with Gasteiger partial charge in [0.15, 0.2) is 0 Å². The second-order valence-corrected chi connectivity index (χ2v) is 16.1. The van der Waals surface area contributed by atoms with Crippen LogP contribution in [-0.2, 0) is 12.8 Å². The van der Waals surface area contributed by atoms with E-state index in [4.69, 9.17) is 0 Å². The molecule has 0 bridgehead atoms. The minimum absolute atomic E-state index is 1.22. The van der Waals surface area contributed by atoms with Crippen molar-refractivity contribution in [1.82, 2.24) is 0 Å². The van der Waals surface area contributed by atoms with Crippen molar-refractivity contribution < 1.29 is 0 Å². The third-order valence-corrected chi connectivity index (χ3v) is 13.4. The summed E-state index contributed by atoms with van der Waals surface area (Å²) in [5.74, 6) is 0. The van der Waals surface area contributed by atoms with Crippen molar-refractivity contribution in [3.8, 4) is 19.5 Å². The fraction of sp³-hybridized carbons (Fsp3) is 0.316. The molecule has 0 nitrogen and oxygen atoms in total. The number of aryl methyl sites for hydroxylation is 2. The van der Waals surface area contributed by atoms with Gasteiger partial charge in [0.1, 0.15) is 0 Å². The smallest absolute Gasteiger partial charge is 0.0455 e. The second-order valence-electron chi connectivity index (χ2n) is 11.6. The van der Waals surface area contributed by atoms with E-state index in [2.05, 4.69) is 86.6 Å². The maximum Gasteiger partial charge on any atom is 0.0455 e. The molecule has 4 heterocycles. The van der Waals surface area contributed by atoms with Crippen LogP contribution in [0.5, 0.6) is 0 Å². The van der Waals surface area contributed by atoms with E-state index in [-0.39, 0.29) is 0 Å². The van der Waals surface area contributed by atoms with E-state index in [0.717, 1.165) is 0 Å². The molecule has 3 aromatic carbocycles. The molecular weight excluding hydrogens is 585 g/mol. The van der Waals surface area contributed by atoms with E-state index in [1.54, 1.807) is 0 Å². The average molecular weight is 623 g/mol. The van der Waals surface area contributed by atoms with E-state index >= 15 is 0 Å². The third kappa shape index (κ3) is 5.59. The van der Waals surface area contributed by atoms with Crippen molar-refractivity contribution >= 4 is 87.1 Å². The zero-order valence-corrected chi connectivity index (χ0v) is 27.9. The van der Waals surface area contributed by atoms with Crippen LogP contribution in [0.1, 0.15) is 75.0 Å². The summed E-state index contributed by atoms with van der Waals surface area (Å²) in [7, 11) is 0. The highest BCUT2D eigenvalue weighted by atomic mass is 32.1. The van der Waals surface area contributed by atoms with Crippen molar-refractivity contribution in [3.63, 3.8) is 0 Å². The number of benzene rings is 3. The summed E-state index contributed by atoms with van der Waals surface area (Å²) >= 11 is 7.86. The van der Waals surface area contributed by atoms with Gasteiger partial charge in [-0.25, -0.2) is 0 Å². The van der Waals surface area contributed by atoms with Crippen LogP contribution in [0.3, 0.4) is 0 Å². The van der Waals surface area contributed by atoms with Crippen LogP contribution >= 0.6 is 45.3 Å². The van der Waals surface area contributed by atoms with Gasteiger partial charge in [-0.2, -0.15) is 0 Å². The van der Waals surface area contributed by atoms with E-state index in [0.29, 0.717) is 0 Å². The fourth-order valence-electron chi connectivity index (χ4n) is 6.25. The average Bonchev–Trinajstić information content (AvgIpc) is 3.82. The van der Waals surface area contributed by atoms with Crippen LogP contribution in [0.4, 0.5) is 0 Å². The van der Waals surface area contributed by atoms with Crippen LogP contribution < -0.4 is 0 Å². The third-order valence-electron chi connectivity index (χ3n) is 8.55. The lowest BCUT2D eigenvalue weighted by molar-refractivity contribution is 0.670. The molecule has 4 heteroatoms. The van der Waals surface area contributed by atoms with E-state index < -0.39 is 0 Å². The number of hydrogen-bond donors (Lipinski definition) is 0. The molecule has 0 fully saturated rings. The summed E-state index contributed by atoms with van der Waals surface area (Å²) in [5, 5.41) is 8.27. The first-order valence-corrected chi connectivity index (χ1v) is 19.0. The SMILES string of the molecule is CCCCCCc1ccc(-c2cc3c(ccc4c3ccc3c5cc(-c6ccc(CCCCCC)s6)sc5ccc34)s2)s1. The molecular formula is C38H38S4. The monoisotopic (exact) mass is 622 g/mol. The molecule has 0 saturated heterocycles. The molecule has 0 radical (unpaired) electrons.